The normalized spacial score (nSPS) is 10.4. The largest absolute Gasteiger partial charge is 0.477 e. The third kappa shape index (κ3) is 2.26. The van der Waals surface area contributed by atoms with Crippen LogP contribution in [0, 0.1) is 0 Å². The molecule has 0 bridgehead atoms. The SMILES string of the molecule is O=C(O)c1cnn(-c2ccccc2)c1Oc1nccs1. The molecular formula is C13H9N3O3S. The van der Waals surface area contributed by atoms with Crippen LogP contribution in [0.5, 0.6) is 11.1 Å². The van der Waals surface area contributed by atoms with Crippen LogP contribution in [0.25, 0.3) is 5.69 Å². The molecule has 100 valence electrons. The first-order valence-electron chi connectivity index (χ1n) is 5.70. The predicted octanol–water partition coefficient (Wildman–Crippen LogP) is 2.82. The first kappa shape index (κ1) is 12.4. The average molecular weight is 287 g/mol. The highest BCUT2D eigenvalue weighted by atomic mass is 32.1. The molecule has 7 heteroatoms. The zero-order valence-electron chi connectivity index (χ0n) is 10.1. The quantitative estimate of drug-likeness (QED) is 0.798. The van der Waals surface area contributed by atoms with Gasteiger partial charge in [0.2, 0.25) is 5.88 Å². The van der Waals surface area contributed by atoms with E-state index in [4.69, 9.17) is 4.74 Å². The van der Waals surface area contributed by atoms with Crippen LogP contribution in [0.4, 0.5) is 0 Å². The summed E-state index contributed by atoms with van der Waals surface area (Å²) in [6, 6.07) is 9.17. The van der Waals surface area contributed by atoms with E-state index >= 15 is 0 Å². The van der Waals surface area contributed by atoms with E-state index in [0.717, 1.165) is 0 Å². The Balaban J connectivity index is 2.09. The van der Waals surface area contributed by atoms with Gasteiger partial charge < -0.3 is 9.84 Å². The molecule has 3 rings (SSSR count). The highest BCUT2D eigenvalue weighted by Gasteiger charge is 2.20. The highest BCUT2D eigenvalue weighted by molar-refractivity contribution is 7.11. The number of benzene rings is 1. The third-order valence-corrected chi connectivity index (χ3v) is 3.20. The van der Waals surface area contributed by atoms with Gasteiger partial charge in [-0.05, 0) is 12.1 Å². The molecule has 20 heavy (non-hydrogen) atoms. The molecule has 1 aromatic carbocycles. The van der Waals surface area contributed by atoms with Crippen LogP contribution < -0.4 is 4.74 Å². The zero-order valence-corrected chi connectivity index (χ0v) is 10.9. The van der Waals surface area contributed by atoms with Gasteiger partial charge in [0.15, 0.2) is 0 Å². The minimum Gasteiger partial charge on any atom is -0.477 e. The maximum Gasteiger partial charge on any atom is 0.342 e. The van der Waals surface area contributed by atoms with Crippen LogP contribution in [0.1, 0.15) is 10.4 Å². The van der Waals surface area contributed by atoms with Crippen molar-refractivity contribution in [1.82, 2.24) is 14.8 Å². The van der Waals surface area contributed by atoms with E-state index in [9.17, 15) is 9.90 Å². The summed E-state index contributed by atoms with van der Waals surface area (Å²) in [6.07, 6.45) is 2.85. The fourth-order valence-corrected chi connectivity index (χ4v) is 2.17. The number of nitrogens with zero attached hydrogens (tertiary/aromatic N) is 3. The number of aromatic nitrogens is 3. The summed E-state index contributed by atoms with van der Waals surface area (Å²) >= 11 is 1.28. The Labute approximate surface area is 117 Å². The molecule has 0 radical (unpaired) electrons. The summed E-state index contributed by atoms with van der Waals surface area (Å²) in [6.45, 7) is 0. The van der Waals surface area contributed by atoms with E-state index < -0.39 is 5.97 Å². The monoisotopic (exact) mass is 287 g/mol. The number of aromatic carboxylic acids is 1. The number of carboxylic acid groups (broad SMARTS) is 1. The van der Waals surface area contributed by atoms with Gasteiger partial charge in [0.1, 0.15) is 5.56 Å². The van der Waals surface area contributed by atoms with E-state index in [0.29, 0.717) is 10.9 Å². The lowest BCUT2D eigenvalue weighted by atomic mass is 10.3. The summed E-state index contributed by atoms with van der Waals surface area (Å²) < 4.78 is 7.00. The molecule has 0 aliphatic carbocycles. The molecule has 0 atom stereocenters. The number of thiazole rings is 1. The van der Waals surface area contributed by atoms with Crippen molar-refractivity contribution in [3.63, 3.8) is 0 Å². The maximum absolute atomic E-state index is 11.2. The molecule has 0 aliphatic heterocycles. The number of ether oxygens (including phenoxy) is 1. The summed E-state index contributed by atoms with van der Waals surface area (Å²) in [5.41, 5.74) is 0.704. The second-order valence-corrected chi connectivity index (χ2v) is 4.67. The Morgan fingerprint density at radius 3 is 2.75 bits per heavy atom. The van der Waals surface area contributed by atoms with Crippen LogP contribution >= 0.6 is 11.3 Å². The van der Waals surface area contributed by atoms with E-state index in [-0.39, 0.29) is 11.4 Å². The van der Waals surface area contributed by atoms with Gasteiger partial charge in [0.25, 0.3) is 5.19 Å². The number of carbonyl (C=O) groups is 1. The molecule has 2 heterocycles. The van der Waals surface area contributed by atoms with Crippen LogP contribution in [0.2, 0.25) is 0 Å². The summed E-state index contributed by atoms with van der Waals surface area (Å²) in [4.78, 5) is 15.2. The molecular weight excluding hydrogens is 278 g/mol. The molecule has 0 saturated heterocycles. The van der Waals surface area contributed by atoms with E-state index in [1.54, 1.807) is 11.6 Å². The minimum absolute atomic E-state index is 0.0101. The fraction of sp³-hybridized carbons (Fsp3) is 0. The van der Waals surface area contributed by atoms with Crippen LogP contribution in [0.15, 0.2) is 48.1 Å². The Kier molecular flexibility index (Phi) is 3.18. The number of para-hydroxylation sites is 1. The van der Waals surface area contributed by atoms with Crippen molar-refractivity contribution >= 4 is 17.3 Å². The molecule has 0 fully saturated rings. The Morgan fingerprint density at radius 1 is 1.30 bits per heavy atom. The molecule has 0 spiro atoms. The molecule has 0 amide bonds. The van der Waals surface area contributed by atoms with Gasteiger partial charge in [-0.1, -0.05) is 29.5 Å². The van der Waals surface area contributed by atoms with Crippen molar-refractivity contribution in [1.29, 1.82) is 0 Å². The van der Waals surface area contributed by atoms with Crippen molar-refractivity contribution in [3.05, 3.63) is 53.7 Å². The van der Waals surface area contributed by atoms with Crippen LogP contribution in [-0.4, -0.2) is 25.8 Å². The standard InChI is InChI=1S/C13H9N3O3S/c17-12(18)10-8-15-16(9-4-2-1-3-5-9)11(10)19-13-14-6-7-20-13/h1-8H,(H,17,18). The second-order valence-electron chi connectivity index (χ2n) is 3.82. The molecule has 2 aromatic heterocycles. The summed E-state index contributed by atoms with van der Waals surface area (Å²) in [7, 11) is 0. The number of carboxylic acids is 1. The van der Waals surface area contributed by atoms with Gasteiger partial charge in [-0.3, -0.25) is 0 Å². The van der Waals surface area contributed by atoms with Crippen molar-refractivity contribution in [2.24, 2.45) is 0 Å². The van der Waals surface area contributed by atoms with Crippen LogP contribution in [0.3, 0.4) is 0 Å². The average Bonchev–Trinajstić information content (AvgIpc) is 3.10. The molecule has 3 aromatic rings. The summed E-state index contributed by atoms with van der Waals surface area (Å²) in [5, 5.41) is 15.4. The van der Waals surface area contributed by atoms with E-state index in [2.05, 4.69) is 10.1 Å². The lowest BCUT2D eigenvalue weighted by molar-refractivity contribution is 0.0694. The van der Waals surface area contributed by atoms with Gasteiger partial charge in [-0.15, -0.1) is 0 Å². The maximum atomic E-state index is 11.2. The lowest BCUT2D eigenvalue weighted by Crippen LogP contribution is -2.03. The van der Waals surface area contributed by atoms with Gasteiger partial charge in [-0.25, -0.2) is 9.78 Å². The molecule has 1 N–H and O–H groups in total. The molecule has 0 saturated carbocycles. The fourth-order valence-electron chi connectivity index (χ4n) is 1.68. The first-order valence-corrected chi connectivity index (χ1v) is 6.58. The number of hydrogen-bond acceptors (Lipinski definition) is 5. The Bertz CT molecular complexity index is 723. The second kappa shape index (κ2) is 5.14. The van der Waals surface area contributed by atoms with Crippen molar-refractivity contribution in [3.8, 4) is 16.8 Å². The number of rotatable bonds is 4. The number of hydrogen-bond donors (Lipinski definition) is 1. The molecule has 0 unspecified atom stereocenters. The lowest BCUT2D eigenvalue weighted by Gasteiger charge is -2.07. The first-order chi connectivity index (χ1) is 9.75. The van der Waals surface area contributed by atoms with Gasteiger partial charge in [0, 0.05) is 11.6 Å². The van der Waals surface area contributed by atoms with E-state index in [1.807, 2.05) is 30.3 Å². The summed E-state index contributed by atoms with van der Waals surface area (Å²) in [5.74, 6) is -0.961. The van der Waals surface area contributed by atoms with E-state index in [1.165, 1.54) is 22.2 Å². The third-order valence-electron chi connectivity index (χ3n) is 2.55. The van der Waals surface area contributed by atoms with Crippen LogP contribution in [-0.2, 0) is 0 Å². The Hall–Kier alpha value is -2.67. The predicted molar refractivity (Wildman–Crippen MR) is 72.7 cm³/mol. The zero-order chi connectivity index (χ0) is 13.9. The topological polar surface area (TPSA) is 77.2 Å². The van der Waals surface area contributed by atoms with Crippen molar-refractivity contribution < 1.29 is 14.6 Å². The van der Waals surface area contributed by atoms with Gasteiger partial charge >= 0.3 is 5.97 Å². The van der Waals surface area contributed by atoms with Gasteiger partial charge in [-0.2, -0.15) is 9.78 Å². The molecule has 0 aliphatic rings. The molecule has 6 nitrogen and oxygen atoms in total. The van der Waals surface area contributed by atoms with Crippen molar-refractivity contribution in [2.75, 3.05) is 0 Å². The van der Waals surface area contributed by atoms with Crippen molar-refractivity contribution in [2.45, 2.75) is 0 Å². The van der Waals surface area contributed by atoms with Gasteiger partial charge in [0.05, 0.1) is 11.9 Å². The Morgan fingerprint density at radius 2 is 2.10 bits per heavy atom. The smallest absolute Gasteiger partial charge is 0.342 e. The highest BCUT2D eigenvalue weighted by Crippen LogP contribution is 2.29. The minimum atomic E-state index is -1.10.